The highest BCUT2D eigenvalue weighted by Gasteiger charge is 2.31. The van der Waals surface area contributed by atoms with Crippen molar-refractivity contribution in [2.45, 2.75) is 25.4 Å². The molecule has 1 aliphatic rings. The number of ether oxygens (including phenoxy) is 1. The maximum Gasteiger partial charge on any atom is 0.159 e. The van der Waals surface area contributed by atoms with E-state index in [1.165, 1.54) is 6.92 Å². The van der Waals surface area contributed by atoms with Crippen molar-refractivity contribution in [1.29, 1.82) is 0 Å². The van der Waals surface area contributed by atoms with Crippen molar-refractivity contribution in [3.63, 3.8) is 0 Å². The van der Waals surface area contributed by atoms with Crippen molar-refractivity contribution in [1.82, 2.24) is 0 Å². The van der Waals surface area contributed by atoms with Crippen LogP contribution in [-0.4, -0.2) is 24.1 Å². The number of aliphatic hydroxyl groups is 1. The number of carbonyl (C=O) groups excluding carboxylic acids is 1. The summed E-state index contributed by atoms with van der Waals surface area (Å²) in [5.41, 5.74) is 0.772. The van der Waals surface area contributed by atoms with Crippen molar-refractivity contribution >= 4 is 5.78 Å². The van der Waals surface area contributed by atoms with Gasteiger partial charge in [0.1, 0.15) is 0 Å². The summed E-state index contributed by atoms with van der Waals surface area (Å²) in [4.78, 5) is 11.1. The summed E-state index contributed by atoms with van der Waals surface area (Å²) in [7, 11) is 0. The van der Waals surface area contributed by atoms with Crippen LogP contribution in [0.2, 0.25) is 0 Å². The van der Waals surface area contributed by atoms with E-state index in [-0.39, 0.29) is 5.78 Å². The van der Waals surface area contributed by atoms with Gasteiger partial charge in [-0.25, -0.2) is 0 Å². The van der Waals surface area contributed by atoms with Crippen LogP contribution in [0.4, 0.5) is 0 Å². The van der Waals surface area contributed by atoms with Crippen LogP contribution in [0.25, 0.3) is 0 Å². The number of rotatable bonds is 2. The average Bonchev–Trinajstić information content (AvgIpc) is 2.30. The number of carbonyl (C=O) groups is 1. The smallest absolute Gasteiger partial charge is 0.159 e. The van der Waals surface area contributed by atoms with Crippen LogP contribution in [-0.2, 0) is 10.3 Å². The Bertz CT molecular complexity index is 375. The second-order valence-corrected chi connectivity index (χ2v) is 4.28. The third kappa shape index (κ3) is 2.15. The molecule has 0 bridgehead atoms. The minimum absolute atomic E-state index is 0.0468. The van der Waals surface area contributed by atoms with Gasteiger partial charge < -0.3 is 9.84 Å². The fraction of sp³-hybridized carbons (Fsp3) is 0.462. The molecule has 1 aliphatic heterocycles. The van der Waals surface area contributed by atoms with E-state index < -0.39 is 5.60 Å². The summed E-state index contributed by atoms with van der Waals surface area (Å²) in [5.74, 6) is 0.0468. The largest absolute Gasteiger partial charge is 0.385 e. The molecule has 0 saturated carbocycles. The molecule has 0 spiro atoms. The summed E-state index contributed by atoms with van der Waals surface area (Å²) in [6, 6.07) is 7.21. The molecular formula is C13H16O3. The van der Waals surface area contributed by atoms with Gasteiger partial charge in [-0.1, -0.05) is 24.3 Å². The highest BCUT2D eigenvalue weighted by atomic mass is 16.5. The Hall–Kier alpha value is -1.19. The topological polar surface area (TPSA) is 46.5 Å². The van der Waals surface area contributed by atoms with Crippen LogP contribution < -0.4 is 0 Å². The molecule has 0 aliphatic carbocycles. The lowest BCUT2D eigenvalue weighted by Gasteiger charge is -2.32. The van der Waals surface area contributed by atoms with E-state index in [1.807, 2.05) is 12.1 Å². The average molecular weight is 220 g/mol. The van der Waals surface area contributed by atoms with E-state index in [1.54, 1.807) is 12.1 Å². The molecule has 0 amide bonds. The Morgan fingerprint density at radius 1 is 1.25 bits per heavy atom. The monoisotopic (exact) mass is 220 g/mol. The van der Waals surface area contributed by atoms with Crippen molar-refractivity contribution < 1.29 is 14.6 Å². The van der Waals surface area contributed by atoms with Gasteiger partial charge in [-0.15, -0.1) is 0 Å². The van der Waals surface area contributed by atoms with Crippen LogP contribution in [0.3, 0.4) is 0 Å². The Labute approximate surface area is 95.0 Å². The molecule has 1 aromatic rings. The normalized spacial score (nSPS) is 19.4. The lowest BCUT2D eigenvalue weighted by atomic mass is 9.86. The van der Waals surface area contributed by atoms with E-state index in [0.29, 0.717) is 31.6 Å². The van der Waals surface area contributed by atoms with Crippen molar-refractivity contribution in [2.24, 2.45) is 0 Å². The SMILES string of the molecule is CC(=O)c1ccc(C2(O)CCOCC2)cc1. The highest BCUT2D eigenvalue weighted by molar-refractivity contribution is 5.94. The number of hydrogen-bond donors (Lipinski definition) is 1. The fourth-order valence-corrected chi connectivity index (χ4v) is 2.01. The third-order valence-corrected chi connectivity index (χ3v) is 3.15. The molecule has 3 nitrogen and oxygen atoms in total. The van der Waals surface area contributed by atoms with Crippen LogP contribution in [0.15, 0.2) is 24.3 Å². The predicted molar refractivity (Wildman–Crippen MR) is 60.4 cm³/mol. The van der Waals surface area contributed by atoms with E-state index in [4.69, 9.17) is 4.74 Å². The second kappa shape index (κ2) is 4.36. The molecule has 0 atom stereocenters. The van der Waals surface area contributed by atoms with Crippen molar-refractivity contribution in [3.8, 4) is 0 Å². The van der Waals surface area contributed by atoms with E-state index in [9.17, 15) is 9.90 Å². The Balaban J connectivity index is 2.23. The van der Waals surface area contributed by atoms with Crippen LogP contribution >= 0.6 is 0 Å². The van der Waals surface area contributed by atoms with E-state index in [0.717, 1.165) is 5.56 Å². The lowest BCUT2D eigenvalue weighted by molar-refractivity contribution is -0.0679. The molecule has 86 valence electrons. The predicted octanol–water partition coefficient (Wildman–Crippen LogP) is 1.89. The molecule has 1 aromatic carbocycles. The standard InChI is InChI=1S/C13H16O3/c1-10(14)11-2-4-12(5-3-11)13(15)6-8-16-9-7-13/h2-5,15H,6-9H2,1H3. The molecule has 16 heavy (non-hydrogen) atoms. The van der Waals surface area contributed by atoms with Crippen LogP contribution in [0, 0.1) is 0 Å². The van der Waals surface area contributed by atoms with Crippen molar-refractivity contribution in [3.05, 3.63) is 35.4 Å². The minimum Gasteiger partial charge on any atom is -0.385 e. The van der Waals surface area contributed by atoms with Crippen LogP contribution in [0.1, 0.15) is 35.7 Å². The number of Topliss-reactive ketones (excluding diaryl/α,β-unsaturated/α-hetero) is 1. The summed E-state index contributed by atoms with van der Waals surface area (Å²) < 4.78 is 5.23. The Morgan fingerprint density at radius 2 is 1.81 bits per heavy atom. The molecule has 0 radical (unpaired) electrons. The zero-order chi connectivity index (χ0) is 11.6. The molecule has 0 aromatic heterocycles. The van der Waals surface area contributed by atoms with Crippen molar-refractivity contribution in [2.75, 3.05) is 13.2 Å². The number of benzene rings is 1. The highest BCUT2D eigenvalue weighted by Crippen LogP contribution is 2.31. The maximum absolute atomic E-state index is 11.1. The van der Waals surface area contributed by atoms with Gasteiger partial charge >= 0.3 is 0 Å². The summed E-state index contributed by atoms with van der Waals surface area (Å²) in [5, 5.41) is 10.4. The molecule has 1 heterocycles. The molecule has 1 N–H and O–H groups in total. The second-order valence-electron chi connectivity index (χ2n) is 4.28. The molecule has 1 saturated heterocycles. The van der Waals surface area contributed by atoms with Gasteiger partial charge in [0, 0.05) is 31.6 Å². The first-order valence-electron chi connectivity index (χ1n) is 5.53. The summed E-state index contributed by atoms with van der Waals surface area (Å²) in [6.45, 7) is 2.72. The molecule has 3 heteroatoms. The van der Waals surface area contributed by atoms with Gasteiger partial charge in [-0.05, 0) is 12.5 Å². The summed E-state index contributed by atoms with van der Waals surface area (Å²) >= 11 is 0. The van der Waals surface area contributed by atoms with Gasteiger partial charge in [0.25, 0.3) is 0 Å². The Kier molecular flexibility index (Phi) is 3.08. The maximum atomic E-state index is 11.1. The molecular weight excluding hydrogens is 204 g/mol. The van der Waals surface area contributed by atoms with Gasteiger partial charge in [-0.3, -0.25) is 4.79 Å². The quantitative estimate of drug-likeness (QED) is 0.774. The molecule has 2 rings (SSSR count). The zero-order valence-electron chi connectivity index (χ0n) is 9.40. The van der Waals surface area contributed by atoms with Gasteiger partial charge in [0.05, 0.1) is 5.60 Å². The fourth-order valence-electron chi connectivity index (χ4n) is 2.01. The minimum atomic E-state index is -0.784. The first-order chi connectivity index (χ1) is 7.62. The number of hydrogen-bond acceptors (Lipinski definition) is 3. The number of ketones is 1. The first kappa shape index (κ1) is 11.3. The Morgan fingerprint density at radius 3 is 2.31 bits per heavy atom. The summed E-state index contributed by atoms with van der Waals surface area (Å²) in [6.07, 6.45) is 1.23. The van der Waals surface area contributed by atoms with Crippen LogP contribution in [0.5, 0.6) is 0 Å². The lowest BCUT2D eigenvalue weighted by Crippen LogP contribution is -2.33. The van der Waals surface area contributed by atoms with E-state index in [2.05, 4.69) is 0 Å². The zero-order valence-corrected chi connectivity index (χ0v) is 9.40. The van der Waals surface area contributed by atoms with E-state index >= 15 is 0 Å². The molecule has 1 fully saturated rings. The first-order valence-corrected chi connectivity index (χ1v) is 5.53. The van der Waals surface area contributed by atoms with Gasteiger partial charge in [0.15, 0.2) is 5.78 Å². The van der Waals surface area contributed by atoms with Gasteiger partial charge in [0.2, 0.25) is 0 Å². The molecule has 0 unspecified atom stereocenters. The van der Waals surface area contributed by atoms with Gasteiger partial charge in [-0.2, -0.15) is 0 Å². The third-order valence-electron chi connectivity index (χ3n) is 3.15.